The predicted octanol–water partition coefficient (Wildman–Crippen LogP) is 5.20. The van der Waals surface area contributed by atoms with E-state index < -0.39 is 23.5 Å². The molecule has 0 atom stereocenters. The number of fused-ring (bicyclic) bond motifs is 1. The molecule has 0 aliphatic rings. The minimum atomic E-state index is -4.64. The second-order valence-electron chi connectivity index (χ2n) is 7.43. The van der Waals surface area contributed by atoms with Crippen LogP contribution in [0.4, 0.5) is 24.8 Å². The van der Waals surface area contributed by atoms with Gasteiger partial charge in [-0.2, -0.15) is 13.2 Å². The Morgan fingerprint density at radius 1 is 1.24 bits per heavy atom. The van der Waals surface area contributed by atoms with Crippen molar-refractivity contribution in [3.05, 3.63) is 61.3 Å². The molecule has 1 N–H and O–H groups in total. The van der Waals surface area contributed by atoms with Crippen LogP contribution in [0.3, 0.4) is 0 Å². The fourth-order valence-electron chi connectivity index (χ4n) is 3.10. The maximum Gasteiger partial charge on any atom is 0.422 e. The Kier molecular flexibility index (Phi) is 7.31. The first-order valence-electron chi connectivity index (χ1n) is 10.2. The number of hydrogen-bond donors (Lipinski definition) is 1. The number of ether oxygens (including phenoxy) is 2. The Morgan fingerprint density at radius 2 is 2.00 bits per heavy atom. The van der Waals surface area contributed by atoms with Gasteiger partial charge in [-0.1, -0.05) is 16.1 Å². The lowest BCUT2D eigenvalue weighted by atomic mass is 10.3. The van der Waals surface area contributed by atoms with Gasteiger partial charge in [0.2, 0.25) is 11.4 Å². The smallest absolute Gasteiger partial charge is 0.422 e. The highest BCUT2D eigenvalue weighted by Gasteiger charge is 2.30. The highest BCUT2D eigenvalue weighted by molar-refractivity contribution is 9.10. The maximum atomic E-state index is 12.9. The number of aryl methyl sites for hydroxylation is 2. The van der Waals surface area contributed by atoms with Crippen molar-refractivity contribution in [3.8, 4) is 17.4 Å². The van der Waals surface area contributed by atoms with E-state index in [0.717, 1.165) is 10.7 Å². The van der Waals surface area contributed by atoms with E-state index in [1.807, 2.05) is 0 Å². The number of nitrogens with zero attached hydrogens (tertiary/aromatic N) is 7. The summed E-state index contributed by atoms with van der Waals surface area (Å²) in [5.74, 6) is -0.353. The number of halogens is 5. The van der Waals surface area contributed by atoms with Crippen LogP contribution in [-0.2, 0) is 6.54 Å². The SMILES string of the molecule is Cc1nc(C)c(Cl)c(NCc2cc(OCC(F)(F)F)c(Oc3ccc4ncc([N+](=O)[O-])n4n3)c(Br)n2)n1. The Balaban J connectivity index is 1.66. The highest BCUT2D eigenvalue weighted by atomic mass is 79.9. The van der Waals surface area contributed by atoms with Gasteiger partial charge in [0.1, 0.15) is 22.9 Å². The van der Waals surface area contributed by atoms with Crippen LogP contribution in [-0.4, -0.2) is 47.3 Å². The van der Waals surface area contributed by atoms with Gasteiger partial charge in [0, 0.05) is 18.2 Å². The van der Waals surface area contributed by atoms with Crippen molar-refractivity contribution in [1.29, 1.82) is 0 Å². The molecular weight excluding hydrogens is 589 g/mol. The van der Waals surface area contributed by atoms with Crippen molar-refractivity contribution in [2.24, 2.45) is 0 Å². The molecule has 0 radical (unpaired) electrons. The molecule has 0 amide bonds. The number of alkyl halides is 3. The number of hydrogen-bond acceptors (Lipinski definition) is 10. The van der Waals surface area contributed by atoms with Gasteiger partial charge in [-0.05, 0) is 39.8 Å². The maximum absolute atomic E-state index is 12.9. The van der Waals surface area contributed by atoms with Crippen LogP contribution in [0.1, 0.15) is 17.2 Å². The summed E-state index contributed by atoms with van der Waals surface area (Å²) < 4.78 is 50.3. The van der Waals surface area contributed by atoms with Gasteiger partial charge in [-0.15, -0.1) is 0 Å². The second-order valence-corrected chi connectivity index (χ2v) is 8.55. The van der Waals surface area contributed by atoms with E-state index in [9.17, 15) is 23.3 Å². The van der Waals surface area contributed by atoms with Crippen molar-refractivity contribution < 1.29 is 27.6 Å². The van der Waals surface area contributed by atoms with Crippen LogP contribution >= 0.6 is 27.5 Å². The summed E-state index contributed by atoms with van der Waals surface area (Å²) in [5, 5.41) is 18.4. The summed E-state index contributed by atoms with van der Waals surface area (Å²) in [6.45, 7) is 1.79. The first-order valence-corrected chi connectivity index (χ1v) is 11.4. The number of anilines is 1. The Labute approximate surface area is 219 Å². The summed E-state index contributed by atoms with van der Waals surface area (Å²) >= 11 is 9.42. The molecule has 4 rings (SSSR count). The van der Waals surface area contributed by atoms with Crippen molar-refractivity contribution in [2.75, 3.05) is 11.9 Å². The third kappa shape index (κ3) is 6.14. The van der Waals surface area contributed by atoms with Crippen LogP contribution in [0.25, 0.3) is 5.65 Å². The third-order valence-electron chi connectivity index (χ3n) is 4.62. The topological polar surface area (TPSA) is 142 Å². The average molecular weight is 604 g/mol. The molecule has 4 aromatic rings. The largest absolute Gasteiger partial charge is 0.480 e. The molecule has 0 fully saturated rings. The Morgan fingerprint density at radius 3 is 2.70 bits per heavy atom. The molecular formula is C20H15BrClF3N8O4. The summed E-state index contributed by atoms with van der Waals surface area (Å²) in [6.07, 6.45) is -3.63. The molecule has 0 saturated carbocycles. The predicted molar refractivity (Wildman–Crippen MR) is 127 cm³/mol. The van der Waals surface area contributed by atoms with Gasteiger partial charge in [0.05, 0.1) is 17.9 Å². The normalized spacial score (nSPS) is 11.5. The lowest BCUT2D eigenvalue weighted by Gasteiger charge is -2.16. The summed E-state index contributed by atoms with van der Waals surface area (Å²) in [7, 11) is 0. The summed E-state index contributed by atoms with van der Waals surface area (Å²) in [6, 6.07) is 3.97. The van der Waals surface area contributed by atoms with E-state index in [2.05, 4.69) is 46.3 Å². The number of pyridine rings is 1. The standard InChI is InChI=1S/C20H15BrClF3N8O4/c1-9-16(22)19(29-10(2)28-9)27-6-11-5-12(36-8-20(23,24)25)17(18(21)30-11)37-14-4-3-13-26-7-15(33(34)35)32(13)31-14/h3-5,7H,6,8H2,1-2H3,(H,27,28,29). The molecule has 0 unspecified atom stereocenters. The van der Waals surface area contributed by atoms with E-state index in [1.54, 1.807) is 13.8 Å². The molecule has 0 aliphatic carbocycles. The van der Waals surface area contributed by atoms with Crippen molar-refractivity contribution >= 4 is 44.8 Å². The molecule has 17 heteroatoms. The van der Waals surface area contributed by atoms with E-state index in [-0.39, 0.29) is 44.9 Å². The van der Waals surface area contributed by atoms with Gasteiger partial charge in [-0.25, -0.2) is 19.9 Å². The van der Waals surface area contributed by atoms with Crippen molar-refractivity contribution in [1.82, 2.24) is 29.5 Å². The molecule has 0 aromatic carbocycles. The number of nitro groups is 1. The molecule has 0 aliphatic heterocycles. The quantitative estimate of drug-likeness (QED) is 0.162. The van der Waals surface area contributed by atoms with Crippen molar-refractivity contribution in [2.45, 2.75) is 26.6 Å². The Bertz CT molecular complexity index is 1500. The fraction of sp³-hybridized carbons (Fsp3) is 0.250. The van der Waals surface area contributed by atoms with Gasteiger partial charge in [-0.3, -0.25) is 0 Å². The zero-order valence-corrected chi connectivity index (χ0v) is 21.2. The van der Waals surface area contributed by atoms with Crippen LogP contribution in [0.5, 0.6) is 17.4 Å². The minimum Gasteiger partial charge on any atom is -0.480 e. The zero-order chi connectivity index (χ0) is 26.9. The van der Waals surface area contributed by atoms with Crippen molar-refractivity contribution in [3.63, 3.8) is 0 Å². The van der Waals surface area contributed by atoms with E-state index in [0.29, 0.717) is 17.3 Å². The molecule has 12 nitrogen and oxygen atoms in total. The first kappa shape index (κ1) is 26.3. The molecule has 4 heterocycles. The molecule has 4 aromatic heterocycles. The van der Waals surface area contributed by atoms with Gasteiger partial charge in [0.25, 0.3) is 5.88 Å². The molecule has 37 heavy (non-hydrogen) atoms. The molecule has 0 spiro atoms. The van der Waals surface area contributed by atoms with Gasteiger partial charge >= 0.3 is 12.0 Å². The van der Waals surface area contributed by atoms with Gasteiger partial charge in [0.15, 0.2) is 17.0 Å². The van der Waals surface area contributed by atoms with Crippen LogP contribution < -0.4 is 14.8 Å². The highest BCUT2D eigenvalue weighted by Crippen LogP contribution is 2.39. The molecule has 0 bridgehead atoms. The molecule has 0 saturated heterocycles. The summed E-state index contributed by atoms with van der Waals surface area (Å²) in [5.41, 5.74) is 0.974. The lowest BCUT2D eigenvalue weighted by molar-refractivity contribution is -0.391. The van der Waals surface area contributed by atoms with E-state index >= 15 is 0 Å². The molecule has 194 valence electrons. The van der Waals surface area contributed by atoms with Crippen LogP contribution in [0.15, 0.2) is 29.0 Å². The van der Waals surface area contributed by atoms with Crippen LogP contribution in [0.2, 0.25) is 5.02 Å². The zero-order valence-electron chi connectivity index (χ0n) is 18.9. The minimum absolute atomic E-state index is 0.00727. The number of rotatable bonds is 8. The number of aromatic nitrogens is 6. The third-order valence-corrected chi connectivity index (χ3v) is 5.61. The lowest BCUT2D eigenvalue weighted by Crippen LogP contribution is -2.20. The fourth-order valence-corrected chi connectivity index (χ4v) is 3.75. The number of imidazole rings is 1. The van der Waals surface area contributed by atoms with Gasteiger partial charge < -0.3 is 24.9 Å². The summed E-state index contributed by atoms with van der Waals surface area (Å²) in [4.78, 5) is 27.0. The first-order chi connectivity index (χ1) is 17.4. The number of nitrogens with one attached hydrogen (secondary N) is 1. The van der Waals surface area contributed by atoms with Crippen LogP contribution in [0, 0.1) is 24.0 Å². The Hall–Kier alpha value is -3.79. The second kappa shape index (κ2) is 10.3. The monoisotopic (exact) mass is 602 g/mol. The average Bonchev–Trinajstić information content (AvgIpc) is 3.24. The van der Waals surface area contributed by atoms with E-state index in [4.69, 9.17) is 21.1 Å². The van der Waals surface area contributed by atoms with E-state index in [1.165, 1.54) is 18.2 Å².